The van der Waals surface area contributed by atoms with Gasteiger partial charge in [0.05, 0.1) is 11.8 Å². The van der Waals surface area contributed by atoms with E-state index in [4.69, 9.17) is 0 Å². The maximum Gasteiger partial charge on any atom is 0.307 e. The number of hydrogen-bond donors (Lipinski definition) is 1. The van der Waals surface area contributed by atoms with Crippen molar-refractivity contribution in [3.63, 3.8) is 0 Å². The molecule has 4 atom stereocenters. The van der Waals surface area contributed by atoms with Crippen LogP contribution in [0, 0.1) is 23.7 Å². The number of carboxylic acids is 1. The van der Waals surface area contributed by atoms with Gasteiger partial charge in [0.15, 0.2) is 0 Å². The normalized spacial score (nSPS) is 30.4. The molecule has 2 bridgehead atoms. The first-order chi connectivity index (χ1) is 9.59. The standard InChI is InChI=1S/C16H17NO3/c1-17(12-5-3-2-4-6-12)15(18)13-10-7-8-11(9-10)14(13)16(19)20/h2-8,10-11,13-14H,9H2,1H3,(H,19,20)/t10?,11?,13-,14+/m0/s1. The highest BCUT2D eigenvalue weighted by Gasteiger charge is 2.52. The number of hydrogen-bond acceptors (Lipinski definition) is 2. The SMILES string of the molecule is CN(C(=O)[C@H]1C2C=CC(C2)[C@H]1C(=O)O)c1ccccc1. The summed E-state index contributed by atoms with van der Waals surface area (Å²) in [7, 11) is 1.71. The lowest BCUT2D eigenvalue weighted by Gasteiger charge is -2.28. The highest BCUT2D eigenvalue weighted by molar-refractivity contribution is 5.97. The Hall–Kier alpha value is -2.10. The first kappa shape index (κ1) is 12.9. The van der Waals surface area contributed by atoms with Crippen molar-refractivity contribution in [2.24, 2.45) is 23.7 Å². The molecule has 0 aromatic heterocycles. The second-order valence-corrected chi connectivity index (χ2v) is 5.57. The molecule has 0 aliphatic heterocycles. The predicted octanol–water partition coefficient (Wildman–Crippen LogP) is 2.17. The molecule has 4 heteroatoms. The van der Waals surface area contributed by atoms with Gasteiger partial charge < -0.3 is 10.0 Å². The van der Waals surface area contributed by atoms with Crippen molar-refractivity contribution in [3.05, 3.63) is 42.5 Å². The molecule has 0 radical (unpaired) electrons. The van der Waals surface area contributed by atoms with E-state index in [1.807, 2.05) is 42.5 Å². The minimum absolute atomic E-state index is 0.00984. The van der Waals surface area contributed by atoms with Gasteiger partial charge in [0, 0.05) is 12.7 Å². The molecule has 0 heterocycles. The fourth-order valence-electron chi connectivity index (χ4n) is 3.50. The van der Waals surface area contributed by atoms with Crippen LogP contribution in [0.4, 0.5) is 5.69 Å². The van der Waals surface area contributed by atoms with Crippen LogP contribution in [-0.2, 0) is 9.59 Å². The lowest BCUT2D eigenvalue weighted by atomic mass is 9.82. The number of benzene rings is 1. The Morgan fingerprint density at radius 3 is 2.30 bits per heavy atom. The van der Waals surface area contributed by atoms with Gasteiger partial charge >= 0.3 is 5.97 Å². The maximum absolute atomic E-state index is 12.7. The summed E-state index contributed by atoms with van der Waals surface area (Å²) in [6.45, 7) is 0. The van der Waals surface area contributed by atoms with Crippen molar-refractivity contribution in [1.29, 1.82) is 0 Å². The van der Waals surface area contributed by atoms with Crippen LogP contribution in [0.1, 0.15) is 6.42 Å². The summed E-state index contributed by atoms with van der Waals surface area (Å²) >= 11 is 0. The van der Waals surface area contributed by atoms with Crippen LogP contribution in [0.3, 0.4) is 0 Å². The Bertz CT molecular complexity index is 566. The molecule has 1 aromatic rings. The topological polar surface area (TPSA) is 57.6 Å². The molecule has 20 heavy (non-hydrogen) atoms. The second-order valence-electron chi connectivity index (χ2n) is 5.57. The van der Waals surface area contributed by atoms with Crippen LogP contribution in [0.25, 0.3) is 0 Å². The molecule has 0 saturated heterocycles. The summed E-state index contributed by atoms with van der Waals surface area (Å²) in [5.74, 6) is -1.89. The third-order valence-electron chi connectivity index (χ3n) is 4.50. The van der Waals surface area contributed by atoms with Crippen molar-refractivity contribution in [1.82, 2.24) is 0 Å². The van der Waals surface area contributed by atoms with Gasteiger partial charge in [-0.1, -0.05) is 30.4 Å². The Kier molecular flexibility index (Phi) is 3.08. The van der Waals surface area contributed by atoms with E-state index in [1.165, 1.54) is 0 Å². The fraction of sp³-hybridized carbons (Fsp3) is 0.375. The van der Waals surface area contributed by atoms with E-state index in [9.17, 15) is 14.7 Å². The van der Waals surface area contributed by atoms with Gasteiger partial charge in [-0.25, -0.2) is 0 Å². The van der Waals surface area contributed by atoms with Crippen molar-refractivity contribution < 1.29 is 14.7 Å². The monoisotopic (exact) mass is 271 g/mol. The van der Waals surface area contributed by atoms with Crippen molar-refractivity contribution in [2.75, 3.05) is 11.9 Å². The van der Waals surface area contributed by atoms with E-state index >= 15 is 0 Å². The molecule has 1 N–H and O–H groups in total. The average Bonchev–Trinajstić information content (AvgIpc) is 3.07. The molecule has 4 nitrogen and oxygen atoms in total. The number of carbonyl (C=O) groups excluding carboxylic acids is 1. The number of aliphatic carboxylic acids is 1. The fourth-order valence-corrected chi connectivity index (χ4v) is 3.50. The quantitative estimate of drug-likeness (QED) is 0.857. The first-order valence-electron chi connectivity index (χ1n) is 6.83. The molecule has 1 amide bonds. The molecular formula is C16H17NO3. The number of anilines is 1. The molecule has 2 aliphatic rings. The van der Waals surface area contributed by atoms with Crippen LogP contribution in [0.2, 0.25) is 0 Å². The van der Waals surface area contributed by atoms with Gasteiger partial charge in [-0.05, 0) is 30.4 Å². The van der Waals surface area contributed by atoms with Crippen molar-refractivity contribution >= 4 is 17.6 Å². The minimum atomic E-state index is -0.860. The van der Waals surface area contributed by atoms with Gasteiger partial charge in [0.1, 0.15) is 0 Å². The zero-order valence-corrected chi connectivity index (χ0v) is 11.3. The predicted molar refractivity (Wildman–Crippen MR) is 75.2 cm³/mol. The van der Waals surface area contributed by atoms with Gasteiger partial charge in [-0.2, -0.15) is 0 Å². The highest BCUT2D eigenvalue weighted by atomic mass is 16.4. The molecule has 0 spiro atoms. The van der Waals surface area contributed by atoms with Gasteiger partial charge in [-0.15, -0.1) is 0 Å². The zero-order chi connectivity index (χ0) is 14.3. The summed E-state index contributed by atoms with van der Waals surface area (Å²) in [5, 5.41) is 9.40. The number of allylic oxidation sites excluding steroid dienone is 2. The van der Waals surface area contributed by atoms with Crippen LogP contribution in [0.15, 0.2) is 42.5 Å². The molecular weight excluding hydrogens is 254 g/mol. The largest absolute Gasteiger partial charge is 0.481 e. The summed E-state index contributed by atoms with van der Waals surface area (Å²) in [6, 6.07) is 9.35. The van der Waals surface area contributed by atoms with E-state index in [1.54, 1.807) is 11.9 Å². The molecule has 1 saturated carbocycles. The molecule has 3 rings (SSSR count). The summed E-state index contributed by atoms with van der Waals surface area (Å²) in [6.07, 6.45) is 4.75. The van der Waals surface area contributed by atoms with Crippen molar-refractivity contribution in [3.8, 4) is 0 Å². The number of amides is 1. The number of nitrogens with zero attached hydrogens (tertiary/aromatic N) is 1. The molecule has 2 unspecified atom stereocenters. The lowest BCUT2D eigenvalue weighted by molar-refractivity contribution is -0.147. The minimum Gasteiger partial charge on any atom is -0.481 e. The number of carbonyl (C=O) groups is 2. The second kappa shape index (κ2) is 4.78. The third-order valence-corrected chi connectivity index (χ3v) is 4.50. The zero-order valence-electron chi connectivity index (χ0n) is 11.3. The maximum atomic E-state index is 12.7. The molecule has 1 aromatic carbocycles. The Morgan fingerprint density at radius 2 is 1.70 bits per heavy atom. The summed E-state index contributed by atoms with van der Waals surface area (Å²) in [5.41, 5.74) is 0.799. The Balaban J connectivity index is 1.87. The van der Waals surface area contributed by atoms with E-state index in [0.29, 0.717) is 0 Å². The molecule has 104 valence electrons. The van der Waals surface area contributed by atoms with E-state index in [0.717, 1.165) is 12.1 Å². The number of carboxylic acid groups (broad SMARTS) is 1. The van der Waals surface area contributed by atoms with Gasteiger partial charge in [0.2, 0.25) is 5.91 Å². The van der Waals surface area contributed by atoms with Gasteiger partial charge in [0.25, 0.3) is 0 Å². The Morgan fingerprint density at radius 1 is 1.10 bits per heavy atom. The Labute approximate surface area is 117 Å². The van der Waals surface area contributed by atoms with E-state index < -0.39 is 17.8 Å². The number of fused-ring (bicyclic) bond motifs is 2. The van der Waals surface area contributed by atoms with E-state index in [2.05, 4.69) is 0 Å². The summed E-state index contributed by atoms with van der Waals surface area (Å²) in [4.78, 5) is 25.7. The van der Waals surface area contributed by atoms with Crippen LogP contribution >= 0.6 is 0 Å². The van der Waals surface area contributed by atoms with Crippen LogP contribution in [-0.4, -0.2) is 24.0 Å². The summed E-state index contributed by atoms with van der Waals surface area (Å²) < 4.78 is 0. The average molecular weight is 271 g/mol. The van der Waals surface area contributed by atoms with Gasteiger partial charge in [-0.3, -0.25) is 9.59 Å². The lowest BCUT2D eigenvalue weighted by Crippen LogP contribution is -2.41. The third kappa shape index (κ3) is 1.92. The van der Waals surface area contributed by atoms with Crippen molar-refractivity contribution in [2.45, 2.75) is 6.42 Å². The molecule has 1 fully saturated rings. The first-order valence-corrected chi connectivity index (χ1v) is 6.83. The number of rotatable bonds is 3. The highest BCUT2D eigenvalue weighted by Crippen LogP contribution is 2.48. The van der Waals surface area contributed by atoms with E-state index in [-0.39, 0.29) is 17.7 Å². The molecule has 2 aliphatic carbocycles. The number of para-hydroxylation sites is 1. The van der Waals surface area contributed by atoms with Crippen LogP contribution in [0.5, 0.6) is 0 Å². The smallest absolute Gasteiger partial charge is 0.307 e. The van der Waals surface area contributed by atoms with Crippen LogP contribution < -0.4 is 4.90 Å².